The number of hydrogen-bond donors (Lipinski definition) is 2. The molecule has 25 heavy (non-hydrogen) atoms. The first-order valence-corrected chi connectivity index (χ1v) is 8.50. The third-order valence-corrected chi connectivity index (χ3v) is 3.97. The molecule has 8 heteroatoms. The molecule has 0 aromatic carbocycles. The summed E-state index contributed by atoms with van der Waals surface area (Å²) in [7, 11) is 1.78. The molecule has 1 aliphatic heterocycles. The highest BCUT2D eigenvalue weighted by atomic mass is 127. The fourth-order valence-corrected chi connectivity index (χ4v) is 2.75. The van der Waals surface area contributed by atoms with Crippen LogP contribution in [-0.2, 0) is 4.74 Å². The van der Waals surface area contributed by atoms with Crippen molar-refractivity contribution in [1.29, 1.82) is 0 Å². The van der Waals surface area contributed by atoms with Gasteiger partial charge in [0.25, 0.3) is 5.91 Å². The number of nitrogens with zero attached hydrogens (tertiary/aromatic N) is 3. The number of guanidine groups is 1. The van der Waals surface area contributed by atoms with Crippen LogP contribution in [0.2, 0.25) is 0 Å². The third kappa shape index (κ3) is 7.15. The van der Waals surface area contributed by atoms with Crippen LogP contribution in [0.25, 0.3) is 0 Å². The molecule has 0 radical (unpaired) electrons. The molecule has 7 nitrogen and oxygen atoms in total. The average molecular weight is 461 g/mol. The van der Waals surface area contributed by atoms with Crippen molar-refractivity contribution in [2.45, 2.75) is 25.9 Å². The highest BCUT2D eigenvalue weighted by molar-refractivity contribution is 14.0. The van der Waals surface area contributed by atoms with Crippen LogP contribution >= 0.6 is 24.0 Å². The number of amides is 1. The maximum absolute atomic E-state index is 11.9. The zero-order chi connectivity index (χ0) is 17.2. The number of aliphatic imine (C=N–C) groups is 1. The van der Waals surface area contributed by atoms with E-state index in [9.17, 15) is 4.79 Å². The van der Waals surface area contributed by atoms with Gasteiger partial charge in [-0.05, 0) is 31.9 Å². The van der Waals surface area contributed by atoms with E-state index >= 15 is 0 Å². The Kier molecular flexibility index (Phi) is 10.4. The average Bonchev–Trinajstić information content (AvgIpc) is 2.63. The molecule has 0 saturated carbocycles. The summed E-state index contributed by atoms with van der Waals surface area (Å²) in [5, 5.41) is 6.17. The fourth-order valence-electron chi connectivity index (χ4n) is 2.75. The van der Waals surface area contributed by atoms with Crippen LogP contribution in [0, 0.1) is 0 Å². The Morgan fingerprint density at radius 2 is 2.08 bits per heavy atom. The summed E-state index contributed by atoms with van der Waals surface area (Å²) in [6.45, 7) is 5.84. The summed E-state index contributed by atoms with van der Waals surface area (Å²) in [5.74, 6) is 0.762. The Hall–Kier alpha value is -1.42. The van der Waals surface area contributed by atoms with Gasteiger partial charge in [-0.3, -0.25) is 14.8 Å². The Morgan fingerprint density at radius 1 is 1.36 bits per heavy atom. The normalized spacial score (nSPS) is 15.4. The summed E-state index contributed by atoms with van der Waals surface area (Å²) >= 11 is 0. The molecule has 0 bridgehead atoms. The standard InChI is InChI=1S/C17H27N5O2.HI/c1-3-24-15-6-11-22(12-7-15)17(18-2)21-10-9-20-16(23)14-5-4-8-19-13-14;/h4-5,8,13,15H,3,6-7,9-12H2,1-2H3,(H,18,21)(H,20,23);1H. The number of aromatic nitrogens is 1. The molecule has 2 N–H and O–H groups in total. The molecular weight excluding hydrogens is 433 g/mol. The van der Waals surface area contributed by atoms with E-state index in [1.807, 2.05) is 6.92 Å². The largest absolute Gasteiger partial charge is 0.378 e. The van der Waals surface area contributed by atoms with Crippen molar-refractivity contribution in [3.05, 3.63) is 30.1 Å². The zero-order valence-electron chi connectivity index (χ0n) is 14.9. The Labute approximate surface area is 166 Å². The molecule has 0 unspecified atom stereocenters. The van der Waals surface area contributed by atoms with Gasteiger partial charge in [-0.2, -0.15) is 0 Å². The maximum Gasteiger partial charge on any atom is 0.252 e. The maximum atomic E-state index is 11.9. The lowest BCUT2D eigenvalue weighted by atomic mass is 10.1. The number of ether oxygens (including phenoxy) is 1. The van der Waals surface area contributed by atoms with Gasteiger partial charge in [0.05, 0.1) is 11.7 Å². The molecule has 2 rings (SSSR count). The van der Waals surface area contributed by atoms with E-state index < -0.39 is 0 Å². The molecule has 1 aromatic heterocycles. The number of nitrogens with one attached hydrogen (secondary N) is 2. The Bertz CT molecular complexity index is 533. The molecule has 2 heterocycles. The van der Waals surface area contributed by atoms with Crippen molar-refractivity contribution >= 4 is 35.8 Å². The molecule has 1 aromatic rings. The SMILES string of the molecule is CCOC1CCN(C(=NC)NCCNC(=O)c2cccnc2)CC1.I. The van der Waals surface area contributed by atoms with Gasteiger partial charge in [-0.25, -0.2) is 0 Å². The molecule has 0 atom stereocenters. The molecule has 1 amide bonds. The van der Waals surface area contributed by atoms with E-state index in [0.29, 0.717) is 24.8 Å². The van der Waals surface area contributed by atoms with E-state index in [4.69, 9.17) is 4.74 Å². The minimum Gasteiger partial charge on any atom is -0.378 e. The number of rotatable bonds is 6. The monoisotopic (exact) mass is 461 g/mol. The molecular formula is C17H28IN5O2. The van der Waals surface area contributed by atoms with Crippen LogP contribution in [0.3, 0.4) is 0 Å². The van der Waals surface area contributed by atoms with E-state index in [1.54, 1.807) is 31.6 Å². The minimum atomic E-state index is -0.114. The first-order valence-electron chi connectivity index (χ1n) is 8.50. The van der Waals surface area contributed by atoms with Gasteiger partial charge in [-0.1, -0.05) is 0 Å². The second kappa shape index (κ2) is 12.0. The van der Waals surface area contributed by atoms with Crippen LogP contribution in [-0.4, -0.2) is 67.7 Å². The van der Waals surface area contributed by atoms with Crippen molar-refractivity contribution < 1.29 is 9.53 Å². The van der Waals surface area contributed by atoms with Crippen LogP contribution in [0.5, 0.6) is 0 Å². The van der Waals surface area contributed by atoms with Gasteiger partial charge in [0.2, 0.25) is 0 Å². The van der Waals surface area contributed by atoms with Crippen molar-refractivity contribution in [2.24, 2.45) is 4.99 Å². The van der Waals surface area contributed by atoms with Gasteiger partial charge in [0.1, 0.15) is 0 Å². The zero-order valence-corrected chi connectivity index (χ0v) is 17.2. The summed E-state index contributed by atoms with van der Waals surface area (Å²) in [4.78, 5) is 22.4. The van der Waals surface area contributed by atoms with Crippen LogP contribution in [0.4, 0.5) is 0 Å². The number of halogens is 1. The molecule has 1 saturated heterocycles. The third-order valence-electron chi connectivity index (χ3n) is 3.97. The topological polar surface area (TPSA) is 78.9 Å². The molecule has 1 aliphatic rings. The fraction of sp³-hybridized carbons (Fsp3) is 0.588. The van der Waals surface area contributed by atoms with Crippen molar-refractivity contribution in [3.63, 3.8) is 0 Å². The van der Waals surface area contributed by atoms with Crippen molar-refractivity contribution in [3.8, 4) is 0 Å². The summed E-state index contributed by atoms with van der Waals surface area (Å²) in [6.07, 6.45) is 5.61. The second-order valence-electron chi connectivity index (χ2n) is 5.61. The molecule has 1 fully saturated rings. The first-order chi connectivity index (χ1) is 11.7. The quantitative estimate of drug-likeness (QED) is 0.291. The first kappa shape index (κ1) is 21.6. The smallest absolute Gasteiger partial charge is 0.252 e. The van der Waals surface area contributed by atoms with Gasteiger partial charge in [0, 0.05) is 52.2 Å². The van der Waals surface area contributed by atoms with Gasteiger partial charge in [0.15, 0.2) is 5.96 Å². The van der Waals surface area contributed by atoms with Gasteiger partial charge >= 0.3 is 0 Å². The second-order valence-corrected chi connectivity index (χ2v) is 5.61. The Morgan fingerprint density at radius 3 is 2.68 bits per heavy atom. The lowest BCUT2D eigenvalue weighted by Gasteiger charge is -2.34. The lowest BCUT2D eigenvalue weighted by molar-refractivity contribution is 0.0264. The van der Waals surface area contributed by atoms with Gasteiger partial charge < -0.3 is 20.3 Å². The minimum absolute atomic E-state index is 0. The number of carbonyl (C=O) groups excluding carboxylic acids is 1. The molecule has 0 aliphatic carbocycles. The van der Waals surface area contributed by atoms with E-state index in [-0.39, 0.29) is 29.9 Å². The summed E-state index contributed by atoms with van der Waals surface area (Å²) in [6, 6.07) is 3.50. The van der Waals surface area contributed by atoms with Crippen LogP contribution in [0.15, 0.2) is 29.5 Å². The van der Waals surface area contributed by atoms with Crippen LogP contribution in [0.1, 0.15) is 30.1 Å². The lowest BCUT2D eigenvalue weighted by Crippen LogP contribution is -2.48. The predicted octanol–water partition coefficient (Wildman–Crippen LogP) is 1.51. The highest BCUT2D eigenvalue weighted by Crippen LogP contribution is 2.13. The van der Waals surface area contributed by atoms with E-state index in [2.05, 4.69) is 25.5 Å². The highest BCUT2D eigenvalue weighted by Gasteiger charge is 2.21. The molecule has 140 valence electrons. The Balaban J connectivity index is 0.00000312. The number of carbonyl (C=O) groups is 1. The number of hydrogen-bond acceptors (Lipinski definition) is 4. The van der Waals surface area contributed by atoms with E-state index in [1.165, 1.54) is 0 Å². The molecule has 0 spiro atoms. The van der Waals surface area contributed by atoms with Crippen molar-refractivity contribution in [2.75, 3.05) is 39.8 Å². The number of likely N-dealkylation sites (tertiary alicyclic amines) is 1. The van der Waals surface area contributed by atoms with E-state index in [0.717, 1.165) is 38.5 Å². The van der Waals surface area contributed by atoms with Crippen LogP contribution < -0.4 is 10.6 Å². The number of piperidine rings is 1. The van der Waals surface area contributed by atoms with Gasteiger partial charge in [-0.15, -0.1) is 24.0 Å². The summed E-state index contributed by atoms with van der Waals surface area (Å²) in [5.41, 5.74) is 0.569. The van der Waals surface area contributed by atoms with Crippen molar-refractivity contribution in [1.82, 2.24) is 20.5 Å². The number of pyridine rings is 1. The summed E-state index contributed by atoms with van der Waals surface area (Å²) < 4.78 is 5.67. The predicted molar refractivity (Wildman–Crippen MR) is 110 cm³/mol.